The van der Waals surface area contributed by atoms with Gasteiger partial charge < -0.3 is 15.2 Å². The summed E-state index contributed by atoms with van der Waals surface area (Å²) in [6, 6.07) is 21.0. The van der Waals surface area contributed by atoms with E-state index in [1.807, 2.05) is 19.1 Å². The van der Waals surface area contributed by atoms with Crippen LogP contribution in [0.1, 0.15) is 28.8 Å². The molecule has 0 aliphatic heterocycles. The molecule has 148 valence electrons. The zero-order valence-corrected chi connectivity index (χ0v) is 18.5. The molecule has 0 saturated heterocycles. The van der Waals surface area contributed by atoms with Crippen molar-refractivity contribution in [3.05, 3.63) is 83.5 Å². The lowest BCUT2D eigenvalue weighted by Gasteiger charge is -2.20. The average molecular weight is 491 g/mol. The quantitative estimate of drug-likeness (QED) is 0.301. The average Bonchev–Trinajstić information content (AvgIpc) is 3.13. The van der Waals surface area contributed by atoms with Gasteiger partial charge in [0.2, 0.25) is 5.89 Å². The van der Waals surface area contributed by atoms with E-state index in [1.54, 1.807) is 7.05 Å². The fourth-order valence-electron chi connectivity index (χ4n) is 2.95. The first kappa shape index (κ1) is 21.9. The van der Waals surface area contributed by atoms with E-state index in [-0.39, 0.29) is 29.9 Å². The van der Waals surface area contributed by atoms with Gasteiger partial charge in [-0.1, -0.05) is 65.8 Å². The summed E-state index contributed by atoms with van der Waals surface area (Å²) in [6.07, 6.45) is 0.655. The lowest BCUT2D eigenvalue weighted by Crippen LogP contribution is -2.40. The van der Waals surface area contributed by atoms with Gasteiger partial charge in [-0.25, -0.2) is 0 Å². The Morgan fingerprint density at radius 3 is 2.11 bits per heavy atom. The van der Waals surface area contributed by atoms with E-state index in [2.05, 4.69) is 74.3 Å². The number of aromatic nitrogens is 2. The minimum Gasteiger partial charge on any atom is -0.356 e. The number of benzene rings is 2. The summed E-state index contributed by atoms with van der Waals surface area (Å²) in [7, 11) is 1.77. The van der Waals surface area contributed by atoms with Crippen molar-refractivity contribution in [1.82, 2.24) is 20.8 Å². The smallest absolute Gasteiger partial charge is 0.228 e. The zero-order chi connectivity index (χ0) is 18.9. The molecular formula is C21H26IN5O. The minimum absolute atomic E-state index is 0. The van der Waals surface area contributed by atoms with Gasteiger partial charge in [-0.3, -0.25) is 4.99 Å². The first-order valence-electron chi connectivity index (χ1n) is 9.10. The van der Waals surface area contributed by atoms with Crippen molar-refractivity contribution in [3.63, 3.8) is 0 Å². The van der Waals surface area contributed by atoms with Gasteiger partial charge >= 0.3 is 0 Å². The van der Waals surface area contributed by atoms with Gasteiger partial charge in [0, 0.05) is 32.5 Å². The maximum absolute atomic E-state index is 5.13. The molecule has 1 aromatic heterocycles. The second kappa shape index (κ2) is 11.4. The van der Waals surface area contributed by atoms with Crippen molar-refractivity contribution >= 4 is 29.9 Å². The van der Waals surface area contributed by atoms with Crippen LogP contribution in [0.2, 0.25) is 0 Å². The molecule has 0 aliphatic carbocycles. The molecule has 0 fully saturated rings. The molecule has 0 unspecified atom stereocenters. The van der Waals surface area contributed by atoms with E-state index >= 15 is 0 Å². The van der Waals surface area contributed by atoms with E-state index in [1.165, 1.54) is 11.1 Å². The third-order valence-electron chi connectivity index (χ3n) is 4.30. The monoisotopic (exact) mass is 491 g/mol. The van der Waals surface area contributed by atoms with Crippen LogP contribution in [0.3, 0.4) is 0 Å². The van der Waals surface area contributed by atoms with Crippen LogP contribution in [0.25, 0.3) is 0 Å². The molecule has 0 bridgehead atoms. The van der Waals surface area contributed by atoms with Crippen LogP contribution in [-0.2, 0) is 6.42 Å². The highest BCUT2D eigenvalue weighted by molar-refractivity contribution is 14.0. The Morgan fingerprint density at radius 1 is 1.00 bits per heavy atom. The first-order valence-corrected chi connectivity index (χ1v) is 9.10. The maximum Gasteiger partial charge on any atom is 0.228 e. The predicted octanol–water partition coefficient (Wildman–Crippen LogP) is 3.54. The highest BCUT2D eigenvalue weighted by Gasteiger charge is 2.14. The Kier molecular flexibility index (Phi) is 8.93. The van der Waals surface area contributed by atoms with Crippen molar-refractivity contribution in [2.45, 2.75) is 19.3 Å². The van der Waals surface area contributed by atoms with Crippen molar-refractivity contribution in [2.24, 2.45) is 4.99 Å². The topological polar surface area (TPSA) is 75.3 Å². The van der Waals surface area contributed by atoms with Gasteiger partial charge in [0.1, 0.15) is 0 Å². The normalized spacial score (nSPS) is 11.2. The van der Waals surface area contributed by atoms with Crippen LogP contribution in [0.15, 0.2) is 70.2 Å². The molecule has 0 amide bonds. The van der Waals surface area contributed by atoms with Crippen molar-refractivity contribution in [1.29, 1.82) is 0 Å². The maximum atomic E-state index is 5.13. The summed E-state index contributed by atoms with van der Waals surface area (Å²) < 4.78 is 5.13. The molecule has 3 aromatic rings. The predicted molar refractivity (Wildman–Crippen MR) is 122 cm³/mol. The fourth-order valence-corrected chi connectivity index (χ4v) is 2.95. The van der Waals surface area contributed by atoms with Crippen LogP contribution < -0.4 is 10.6 Å². The molecule has 2 aromatic carbocycles. The highest BCUT2D eigenvalue weighted by atomic mass is 127. The summed E-state index contributed by atoms with van der Waals surface area (Å²) in [5, 5.41) is 10.5. The van der Waals surface area contributed by atoms with Crippen LogP contribution in [0.4, 0.5) is 0 Å². The van der Waals surface area contributed by atoms with Crippen molar-refractivity contribution < 1.29 is 4.52 Å². The number of hydrogen-bond acceptors (Lipinski definition) is 4. The van der Waals surface area contributed by atoms with Gasteiger partial charge in [-0.15, -0.1) is 24.0 Å². The zero-order valence-electron chi connectivity index (χ0n) is 16.1. The number of nitrogens with zero attached hydrogens (tertiary/aromatic N) is 3. The lowest BCUT2D eigenvalue weighted by molar-refractivity contribution is 0.374. The molecule has 0 radical (unpaired) electrons. The first-order chi connectivity index (χ1) is 13.3. The molecule has 3 rings (SSSR count). The van der Waals surface area contributed by atoms with Gasteiger partial charge in [-0.2, -0.15) is 4.98 Å². The number of guanidine groups is 1. The van der Waals surface area contributed by atoms with E-state index in [0.717, 1.165) is 12.5 Å². The van der Waals surface area contributed by atoms with E-state index in [9.17, 15) is 0 Å². The largest absolute Gasteiger partial charge is 0.356 e. The van der Waals surface area contributed by atoms with Crippen molar-refractivity contribution in [2.75, 3.05) is 20.1 Å². The standard InChI is InChI=1S/C21H25N5O.HI/c1-16-25-20(27-26-16)13-14-23-21(22-2)24-15-19(17-9-5-3-6-10-17)18-11-7-4-8-12-18;/h3-12,19H,13-15H2,1-2H3,(H2,22,23,24);1H. The molecule has 7 heteroatoms. The molecule has 2 N–H and O–H groups in total. The van der Waals surface area contributed by atoms with Crippen LogP contribution in [0, 0.1) is 6.92 Å². The summed E-state index contributed by atoms with van der Waals surface area (Å²) >= 11 is 0. The van der Waals surface area contributed by atoms with Gasteiger partial charge in [0.25, 0.3) is 0 Å². The molecule has 0 saturated carbocycles. The van der Waals surface area contributed by atoms with Gasteiger partial charge in [0.05, 0.1) is 0 Å². The molecule has 0 spiro atoms. The number of aryl methyl sites for hydroxylation is 1. The Bertz CT molecular complexity index is 812. The molecule has 0 aliphatic rings. The third kappa shape index (κ3) is 6.33. The third-order valence-corrected chi connectivity index (χ3v) is 4.30. The number of rotatable bonds is 7. The summed E-state index contributed by atoms with van der Waals surface area (Å²) in [6.45, 7) is 3.23. The minimum atomic E-state index is 0. The number of hydrogen-bond donors (Lipinski definition) is 2. The summed E-state index contributed by atoms with van der Waals surface area (Å²) in [5.41, 5.74) is 2.54. The molecule has 0 atom stereocenters. The lowest BCUT2D eigenvalue weighted by atomic mass is 9.91. The fraction of sp³-hybridized carbons (Fsp3) is 0.286. The van der Waals surface area contributed by atoms with E-state index < -0.39 is 0 Å². The van der Waals surface area contributed by atoms with Crippen molar-refractivity contribution in [3.8, 4) is 0 Å². The molecule has 6 nitrogen and oxygen atoms in total. The Labute approximate surface area is 182 Å². The van der Waals surface area contributed by atoms with Gasteiger partial charge in [-0.05, 0) is 18.1 Å². The molecule has 1 heterocycles. The van der Waals surface area contributed by atoms with Gasteiger partial charge in [0.15, 0.2) is 11.8 Å². The Balaban J connectivity index is 0.00000280. The number of halogens is 1. The Morgan fingerprint density at radius 2 is 1.61 bits per heavy atom. The number of nitrogens with one attached hydrogen (secondary N) is 2. The van der Waals surface area contributed by atoms with Crippen LogP contribution in [0.5, 0.6) is 0 Å². The highest BCUT2D eigenvalue weighted by Crippen LogP contribution is 2.23. The SMILES string of the molecule is CN=C(NCCc1nc(C)no1)NCC(c1ccccc1)c1ccccc1.I. The van der Waals surface area contributed by atoms with Crippen LogP contribution in [-0.4, -0.2) is 36.2 Å². The molecular weight excluding hydrogens is 465 g/mol. The summed E-state index contributed by atoms with van der Waals surface area (Å²) in [5.74, 6) is 2.27. The second-order valence-electron chi connectivity index (χ2n) is 6.24. The second-order valence-corrected chi connectivity index (χ2v) is 6.24. The molecule has 28 heavy (non-hydrogen) atoms. The van der Waals surface area contributed by atoms with Crippen LogP contribution >= 0.6 is 24.0 Å². The van der Waals surface area contributed by atoms with E-state index in [0.29, 0.717) is 24.7 Å². The Hall–Kier alpha value is -2.42. The summed E-state index contributed by atoms with van der Waals surface area (Å²) in [4.78, 5) is 8.52. The number of aliphatic imine (C=N–C) groups is 1. The van der Waals surface area contributed by atoms with E-state index in [4.69, 9.17) is 4.52 Å².